The number of rotatable bonds is 4. The summed E-state index contributed by atoms with van der Waals surface area (Å²) in [5.74, 6) is -1.26. The van der Waals surface area contributed by atoms with Gasteiger partial charge in [0.2, 0.25) is 5.91 Å². The van der Waals surface area contributed by atoms with E-state index in [1.165, 1.54) is 12.1 Å². The molecule has 3 rings (SSSR count). The number of nitrogens with zero attached hydrogens (tertiary/aromatic N) is 1. The highest BCUT2D eigenvalue weighted by Gasteiger charge is 2.22. The van der Waals surface area contributed by atoms with E-state index in [0.717, 1.165) is 43.0 Å². The van der Waals surface area contributed by atoms with Gasteiger partial charge in [-0.05, 0) is 56.0 Å². The van der Waals surface area contributed by atoms with Crippen LogP contribution in [0.4, 0.5) is 5.69 Å². The predicted octanol–water partition coefficient (Wildman–Crippen LogP) is 1.49. The lowest BCUT2D eigenvalue weighted by atomic mass is 9.96. The molecular formula is C18H19N5O3. The Balaban J connectivity index is 1.58. The highest BCUT2D eigenvalue weighted by Crippen LogP contribution is 2.21. The van der Waals surface area contributed by atoms with Crippen LogP contribution in [0.3, 0.4) is 0 Å². The van der Waals surface area contributed by atoms with Crippen molar-refractivity contribution in [2.75, 3.05) is 5.32 Å². The lowest BCUT2D eigenvalue weighted by Crippen LogP contribution is -2.42. The zero-order valence-electron chi connectivity index (χ0n) is 14.1. The minimum absolute atomic E-state index is 0.322. The van der Waals surface area contributed by atoms with E-state index in [9.17, 15) is 14.4 Å². The summed E-state index contributed by atoms with van der Waals surface area (Å²) in [6.07, 6.45) is 4.95. The van der Waals surface area contributed by atoms with Gasteiger partial charge in [0.15, 0.2) is 5.69 Å². The van der Waals surface area contributed by atoms with Crippen molar-refractivity contribution in [2.24, 2.45) is 0 Å². The molecule has 0 spiro atoms. The van der Waals surface area contributed by atoms with Gasteiger partial charge in [-0.15, -0.1) is 0 Å². The summed E-state index contributed by atoms with van der Waals surface area (Å²) in [6, 6.07) is 6.25. The summed E-state index contributed by atoms with van der Waals surface area (Å²) < 4.78 is 0. The molecule has 0 fully saturated rings. The molecule has 0 aliphatic heterocycles. The van der Waals surface area contributed by atoms with Gasteiger partial charge in [-0.3, -0.25) is 30.3 Å². The predicted molar refractivity (Wildman–Crippen MR) is 95.4 cm³/mol. The molecule has 0 unspecified atom stereocenters. The molecule has 1 aromatic heterocycles. The summed E-state index contributed by atoms with van der Waals surface area (Å²) in [6.45, 7) is 3.37. The number of aryl methyl sites for hydroxylation is 1. The first-order valence-electron chi connectivity index (χ1n) is 8.28. The van der Waals surface area contributed by atoms with Gasteiger partial charge in [0, 0.05) is 22.5 Å². The lowest BCUT2D eigenvalue weighted by molar-refractivity contribution is -0.111. The number of nitrogens with one attached hydrogen (secondary N) is 4. The van der Waals surface area contributed by atoms with Gasteiger partial charge in [0.1, 0.15) is 0 Å². The molecule has 2 aromatic rings. The molecule has 0 saturated carbocycles. The van der Waals surface area contributed by atoms with E-state index in [1.807, 2.05) is 0 Å². The SMILES string of the molecule is C=CC(=O)Nc1ccc(C(=O)NNC(=O)c2n[nH]c3c2CCCC3)cc1. The molecule has 1 aliphatic carbocycles. The van der Waals surface area contributed by atoms with E-state index in [-0.39, 0.29) is 5.91 Å². The highest BCUT2D eigenvalue weighted by molar-refractivity contribution is 6.01. The van der Waals surface area contributed by atoms with Crippen molar-refractivity contribution in [1.29, 1.82) is 0 Å². The number of benzene rings is 1. The Hall–Kier alpha value is -3.42. The van der Waals surface area contributed by atoms with Crippen molar-refractivity contribution in [3.8, 4) is 0 Å². The molecule has 1 aromatic carbocycles. The number of H-pyrrole nitrogens is 1. The Bertz CT molecular complexity index is 854. The number of amides is 3. The second-order valence-electron chi connectivity index (χ2n) is 5.92. The lowest BCUT2D eigenvalue weighted by Gasteiger charge is -2.11. The Morgan fingerprint density at radius 1 is 1.04 bits per heavy atom. The van der Waals surface area contributed by atoms with Crippen molar-refractivity contribution in [2.45, 2.75) is 25.7 Å². The molecule has 8 nitrogen and oxygen atoms in total. The van der Waals surface area contributed by atoms with Gasteiger partial charge in [0.25, 0.3) is 11.8 Å². The van der Waals surface area contributed by atoms with E-state index < -0.39 is 11.8 Å². The second kappa shape index (κ2) is 7.64. The third-order valence-electron chi connectivity index (χ3n) is 4.16. The van der Waals surface area contributed by atoms with Crippen molar-refractivity contribution in [3.63, 3.8) is 0 Å². The molecule has 1 heterocycles. The first-order chi connectivity index (χ1) is 12.6. The monoisotopic (exact) mass is 353 g/mol. The number of hydrogen-bond acceptors (Lipinski definition) is 4. The molecule has 8 heteroatoms. The Labute approximate surface area is 150 Å². The van der Waals surface area contributed by atoms with Crippen molar-refractivity contribution in [3.05, 3.63) is 59.4 Å². The molecule has 0 saturated heterocycles. The largest absolute Gasteiger partial charge is 0.323 e. The van der Waals surface area contributed by atoms with Crippen LogP contribution in [0.25, 0.3) is 0 Å². The zero-order valence-corrected chi connectivity index (χ0v) is 14.1. The Morgan fingerprint density at radius 3 is 2.46 bits per heavy atom. The van der Waals surface area contributed by atoms with Crippen LogP contribution in [0.15, 0.2) is 36.9 Å². The van der Waals surface area contributed by atoms with E-state index in [4.69, 9.17) is 0 Å². The van der Waals surface area contributed by atoms with E-state index >= 15 is 0 Å². The molecule has 0 radical (unpaired) electrons. The average Bonchev–Trinajstić information content (AvgIpc) is 3.10. The van der Waals surface area contributed by atoms with E-state index in [2.05, 4.69) is 32.9 Å². The molecule has 0 bridgehead atoms. The first kappa shape index (κ1) is 17.4. The van der Waals surface area contributed by atoms with Crippen molar-refractivity contribution in [1.82, 2.24) is 21.0 Å². The number of aromatic amines is 1. The third-order valence-corrected chi connectivity index (χ3v) is 4.16. The van der Waals surface area contributed by atoms with Gasteiger partial charge < -0.3 is 5.32 Å². The summed E-state index contributed by atoms with van der Waals surface area (Å²) in [7, 11) is 0. The molecule has 1 aliphatic rings. The van der Waals surface area contributed by atoms with Crippen LogP contribution in [0.1, 0.15) is 44.9 Å². The minimum Gasteiger partial charge on any atom is -0.323 e. The quantitative estimate of drug-likeness (QED) is 0.492. The molecule has 0 atom stereocenters. The van der Waals surface area contributed by atoms with Crippen molar-refractivity contribution >= 4 is 23.4 Å². The van der Waals surface area contributed by atoms with Crippen LogP contribution in [0.2, 0.25) is 0 Å². The summed E-state index contributed by atoms with van der Waals surface area (Å²) in [5.41, 5.74) is 7.87. The third kappa shape index (κ3) is 3.80. The van der Waals surface area contributed by atoms with E-state index in [1.54, 1.807) is 12.1 Å². The fraction of sp³-hybridized carbons (Fsp3) is 0.222. The van der Waals surface area contributed by atoms with Gasteiger partial charge in [-0.1, -0.05) is 6.58 Å². The van der Waals surface area contributed by atoms with Crippen LogP contribution >= 0.6 is 0 Å². The van der Waals surface area contributed by atoms with Crippen LogP contribution < -0.4 is 16.2 Å². The van der Waals surface area contributed by atoms with Gasteiger partial charge in [-0.2, -0.15) is 5.10 Å². The molecule has 3 amide bonds. The Kier molecular flexibility index (Phi) is 5.12. The first-order valence-corrected chi connectivity index (χ1v) is 8.28. The second-order valence-corrected chi connectivity index (χ2v) is 5.92. The van der Waals surface area contributed by atoms with Gasteiger partial charge in [0.05, 0.1) is 0 Å². The maximum atomic E-state index is 12.3. The molecule has 4 N–H and O–H groups in total. The molecular weight excluding hydrogens is 334 g/mol. The fourth-order valence-corrected chi connectivity index (χ4v) is 2.81. The average molecular weight is 353 g/mol. The highest BCUT2D eigenvalue weighted by atomic mass is 16.2. The number of aromatic nitrogens is 2. The zero-order chi connectivity index (χ0) is 18.5. The maximum Gasteiger partial charge on any atom is 0.290 e. The summed E-state index contributed by atoms with van der Waals surface area (Å²) in [4.78, 5) is 35.6. The number of hydrogen-bond donors (Lipinski definition) is 4. The van der Waals surface area contributed by atoms with Crippen LogP contribution in [0, 0.1) is 0 Å². The molecule has 26 heavy (non-hydrogen) atoms. The van der Waals surface area contributed by atoms with Crippen LogP contribution in [-0.4, -0.2) is 27.9 Å². The number of hydrazine groups is 1. The summed E-state index contributed by atoms with van der Waals surface area (Å²) in [5, 5.41) is 9.53. The normalized spacial score (nSPS) is 12.6. The van der Waals surface area contributed by atoms with Gasteiger partial charge in [-0.25, -0.2) is 0 Å². The number of fused-ring (bicyclic) bond motifs is 1. The number of carbonyl (C=O) groups is 3. The van der Waals surface area contributed by atoms with E-state index in [0.29, 0.717) is 16.9 Å². The topological polar surface area (TPSA) is 116 Å². The number of anilines is 1. The van der Waals surface area contributed by atoms with Gasteiger partial charge >= 0.3 is 0 Å². The fourth-order valence-electron chi connectivity index (χ4n) is 2.81. The van der Waals surface area contributed by atoms with Crippen LogP contribution in [0.5, 0.6) is 0 Å². The Morgan fingerprint density at radius 2 is 1.73 bits per heavy atom. The summed E-state index contributed by atoms with van der Waals surface area (Å²) >= 11 is 0. The smallest absolute Gasteiger partial charge is 0.290 e. The minimum atomic E-state index is -0.468. The maximum absolute atomic E-state index is 12.3. The number of carbonyl (C=O) groups excluding carboxylic acids is 3. The molecule has 134 valence electrons. The van der Waals surface area contributed by atoms with Crippen LogP contribution in [-0.2, 0) is 17.6 Å². The van der Waals surface area contributed by atoms with Crippen molar-refractivity contribution < 1.29 is 14.4 Å². The standard InChI is InChI=1S/C18H19N5O3/c1-2-15(24)19-12-9-7-11(8-10-12)17(25)22-23-18(26)16-13-5-3-4-6-14(13)20-21-16/h2,7-10H,1,3-6H2,(H,19,24)(H,20,21)(H,22,25)(H,23,26).